The van der Waals surface area contributed by atoms with Gasteiger partial charge in [0, 0.05) is 15.6 Å². The van der Waals surface area contributed by atoms with E-state index in [2.05, 4.69) is 21.2 Å². The maximum atomic E-state index is 13.2. The summed E-state index contributed by atoms with van der Waals surface area (Å²) in [5, 5.41) is 2.42. The Morgan fingerprint density at radius 1 is 1.16 bits per heavy atom. The molecule has 130 valence electrons. The predicted octanol–water partition coefficient (Wildman–Crippen LogP) is 2.54. The van der Waals surface area contributed by atoms with Gasteiger partial charge in [0.2, 0.25) is 11.8 Å². The third-order valence-corrected chi connectivity index (χ3v) is 5.81. The van der Waals surface area contributed by atoms with Crippen LogP contribution < -0.4 is 10.2 Å². The number of amides is 2. The summed E-state index contributed by atoms with van der Waals surface area (Å²) in [5.74, 6) is -1.78. The number of carbonyl (C=O) groups excluding carboxylic acids is 3. The average Bonchev–Trinajstić information content (AvgIpc) is 3.01. The zero-order valence-corrected chi connectivity index (χ0v) is 15.8. The largest absolute Gasteiger partial charge is 0.353 e. The summed E-state index contributed by atoms with van der Waals surface area (Å²) in [5.41, 5.74) is 1.27. The molecule has 0 unspecified atom stereocenters. The Hall–Kier alpha value is -1.95. The fourth-order valence-corrected chi connectivity index (χ4v) is 4.58. The second kappa shape index (κ2) is 5.27. The molecule has 0 spiro atoms. The van der Waals surface area contributed by atoms with Crippen molar-refractivity contribution in [2.45, 2.75) is 32.9 Å². The summed E-state index contributed by atoms with van der Waals surface area (Å²) in [6.45, 7) is 5.57. The van der Waals surface area contributed by atoms with Crippen LogP contribution in [-0.2, 0) is 14.4 Å². The highest BCUT2D eigenvalue weighted by atomic mass is 79.9. The molecule has 0 bridgehead atoms. The Balaban J connectivity index is 1.90. The fraction of sp³-hybridized carbons (Fsp3) is 0.421. The molecule has 3 aliphatic heterocycles. The lowest BCUT2D eigenvalue weighted by molar-refractivity contribution is -0.132. The topological polar surface area (TPSA) is 66.5 Å². The lowest BCUT2D eigenvalue weighted by Crippen LogP contribution is -2.50. The van der Waals surface area contributed by atoms with Gasteiger partial charge in [0.25, 0.3) is 0 Å². The number of halogens is 1. The first-order chi connectivity index (χ1) is 11.7. The zero-order chi connectivity index (χ0) is 18.1. The molecule has 4 atom stereocenters. The van der Waals surface area contributed by atoms with Gasteiger partial charge in [0.1, 0.15) is 6.04 Å². The Morgan fingerprint density at radius 2 is 1.84 bits per heavy atom. The van der Waals surface area contributed by atoms with E-state index in [1.807, 2.05) is 56.0 Å². The molecule has 1 aromatic carbocycles. The number of ketones is 1. The normalized spacial score (nSPS) is 30.0. The summed E-state index contributed by atoms with van der Waals surface area (Å²) < 4.78 is 0.946. The molecule has 2 fully saturated rings. The minimum absolute atomic E-state index is 0.0148. The van der Waals surface area contributed by atoms with Gasteiger partial charge < -0.3 is 4.90 Å². The highest BCUT2D eigenvalue weighted by Gasteiger charge is 2.62. The lowest BCUT2D eigenvalue weighted by Gasteiger charge is -2.38. The molecule has 3 aliphatic rings. The van der Waals surface area contributed by atoms with Gasteiger partial charge in [-0.2, -0.15) is 0 Å². The number of nitrogens with zero attached hydrogens (tertiary/aromatic N) is 1. The Labute approximate surface area is 154 Å². The van der Waals surface area contributed by atoms with E-state index < -0.39 is 23.3 Å². The highest BCUT2D eigenvalue weighted by Crippen LogP contribution is 2.48. The van der Waals surface area contributed by atoms with Crippen LogP contribution in [0.1, 0.15) is 26.3 Å². The molecule has 0 aliphatic carbocycles. The predicted molar refractivity (Wildman–Crippen MR) is 97.8 cm³/mol. The highest BCUT2D eigenvalue weighted by molar-refractivity contribution is 9.10. The smallest absolute Gasteiger partial charge is 0.233 e. The van der Waals surface area contributed by atoms with E-state index in [0.29, 0.717) is 0 Å². The van der Waals surface area contributed by atoms with Crippen LogP contribution in [-0.4, -0.2) is 29.7 Å². The van der Waals surface area contributed by atoms with Crippen LogP contribution >= 0.6 is 15.9 Å². The molecule has 6 heteroatoms. The number of imide groups is 1. The SMILES string of the molecule is CC(C)(C)C(=O)[C@@H]1[C@@H]2C(=O)NC(=O)[C@H]2[C@@H]2C=Cc3cc(Br)ccc3N12. The number of anilines is 1. The van der Waals surface area contributed by atoms with Crippen LogP contribution in [0, 0.1) is 17.3 Å². The fourth-order valence-electron chi connectivity index (χ4n) is 4.21. The minimum atomic E-state index is -0.636. The van der Waals surface area contributed by atoms with Gasteiger partial charge in [-0.25, -0.2) is 0 Å². The van der Waals surface area contributed by atoms with Crippen LogP contribution in [0.15, 0.2) is 28.7 Å². The summed E-state index contributed by atoms with van der Waals surface area (Å²) in [7, 11) is 0. The van der Waals surface area contributed by atoms with Gasteiger partial charge in [0.15, 0.2) is 5.78 Å². The van der Waals surface area contributed by atoms with E-state index in [0.717, 1.165) is 15.7 Å². The number of hydrogen-bond acceptors (Lipinski definition) is 4. The van der Waals surface area contributed by atoms with Crippen LogP contribution in [0.5, 0.6) is 0 Å². The van der Waals surface area contributed by atoms with Gasteiger partial charge in [0.05, 0.1) is 17.9 Å². The summed E-state index contributed by atoms with van der Waals surface area (Å²) in [4.78, 5) is 40.1. The molecule has 4 rings (SSSR count). The molecule has 0 radical (unpaired) electrons. The molecule has 3 heterocycles. The second-order valence-corrected chi connectivity index (χ2v) is 8.84. The summed E-state index contributed by atoms with van der Waals surface area (Å²) in [6.07, 6.45) is 3.92. The minimum Gasteiger partial charge on any atom is -0.353 e. The molecular weight excluding hydrogens is 384 g/mol. The molecule has 0 saturated carbocycles. The van der Waals surface area contributed by atoms with E-state index in [-0.39, 0.29) is 23.6 Å². The van der Waals surface area contributed by atoms with E-state index in [4.69, 9.17) is 0 Å². The van der Waals surface area contributed by atoms with Crippen LogP contribution in [0.25, 0.3) is 6.08 Å². The van der Waals surface area contributed by atoms with E-state index >= 15 is 0 Å². The molecule has 2 amide bonds. The Morgan fingerprint density at radius 3 is 2.52 bits per heavy atom. The van der Waals surface area contributed by atoms with Crippen molar-refractivity contribution in [1.82, 2.24) is 5.32 Å². The zero-order valence-electron chi connectivity index (χ0n) is 14.2. The maximum Gasteiger partial charge on any atom is 0.233 e. The molecule has 1 N–H and O–H groups in total. The monoisotopic (exact) mass is 402 g/mol. The van der Waals surface area contributed by atoms with Crippen molar-refractivity contribution in [2.24, 2.45) is 17.3 Å². The summed E-state index contributed by atoms with van der Waals surface area (Å²) in [6, 6.07) is 4.94. The third-order valence-electron chi connectivity index (χ3n) is 5.32. The van der Waals surface area contributed by atoms with Gasteiger partial charge in [-0.3, -0.25) is 19.7 Å². The van der Waals surface area contributed by atoms with Crippen molar-refractivity contribution >= 4 is 45.3 Å². The molecule has 5 nitrogen and oxygen atoms in total. The standard InChI is InChI=1S/C19H19BrN2O3/c1-19(2,3)16(23)15-14-13(17(24)21-18(14)25)12-6-4-9-8-10(20)5-7-11(9)22(12)15/h4-8,12-15H,1-3H3,(H,21,24,25)/t12-,13-,14+,15-/m0/s1. The van der Waals surface area contributed by atoms with Crippen molar-refractivity contribution in [3.8, 4) is 0 Å². The number of benzene rings is 1. The van der Waals surface area contributed by atoms with Crippen LogP contribution in [0.4, 0.5) is 5.69 Å². The molecule has 25 heavy (non-hydrogen) atoms. The van der Waals surface area contributed by atoms with E-state index in [1.165, 1.54) is 0 Å². The number of Topliss-reactive ketones (excluding diaryl/α,β-unsaturated/α-hetero) is 1. The van der Waals surface area contributed by atoms with Crippen molar-refractivity contribution < 1.29 is 14.4 Å². The van der Waals surface area contributed by atoms with Crippen molar-refractivity contribution in [3.63, 3.8) is 0 Å². The average molecular weight is 403 g/mol. The first-order valence-corrected chi connectivity index (χ1v) is 9.14. The van der Waals surface area contributed by atoms with E-state index in [9.17, 15) is 14.4 Å². The number of rotatable bonds is 1. The number of fused-ring (bicyclic) bond motifs is 5. The van der Waals surface area contributed by atoms with Crippen LogP contribution in [0.3, 0.4) is 0 Å². The first-order valence-electron chi connectivity index (χ1n) is 8.35. The van der Waals surface area contributed by atoms with E-state index in [1.54, 1.807) is 0 Å². The molecule has 0 aromatic heterocycles. The number of hydrogen-bond donors (Lipinski definition) is 1. The third kappa shape index (κ3) is 2.30. The maximum absolute atomic E-state index is 13.2. The van der Waals surface area contributed by atoms with Crippen molar-refractivity contribution in [2.75, 3.05) is 4.90 Å². The van der Waals surface area contributed by atoms with Crippen molar-refractivity contribution in [1.29, 1.82) is 0 Å². The molecule has 2 saturated heterocycles. The van der Waals surface area contributed by atoms with Gasteiger partial charge >= 0.3 is 0 Å². The van der Waals surface area contributed by atoms with Crippen LogP contribution in [0.2, 0.25) is 0 Å². The Bertz CT molecular complexity index is 840. The van der Waals surface area contributed by atoms with Gasteiger partial charge in [-0.1, -0.05) is 48.9 Å². The number of carbonyl (C=O) groups is 3. The van der Waals surface area contributed by atoms with Gasteiger partial charge in [-0.05, 0) is 23.8 Å². The van der Waals surface area contributed by atoms with Gasteiger partial charge in [-0.15, -0.1) is 0 Å². The second-order valence-electron chi connectivity index (χ2n) is 7.92. The molecular formula is C19H19BrN2O3. The Kier molecular flexibility index (Phi) is 3.48. The number of nitrogens with one attached hydrogen (secondary N) is 1. The van der Waals surface area contributed by atoms with Crippen molar-refractivity contribution in [3.05, 3.63) is 34.3 Å². The molecule has 1 aromatic rings. The lowest BCUT2D eigenvalue weighted by atomic mass is 9.79. The first kappa shape index (κ1) is 16.5. The quantitative estimate of drug-likeness (QED) is 0.732. The summed E-state index contributed by atoms with van der Waals surface area (Å²) >= 11 is 3.47.